The molecule has 4 heteroatoms. The quantitative estimate of drug-likeness (QED) is 0.737. The van der Waals surface area contributed by atoms with Gasteiger partial charge < -0.3 is 0 Å². The highest BCUT2D eigenvalue weighted by atomic mass is 19.4. The summed E-state index contributed by atoms with van der Waals surface area (Å²) < 4.78 is 24.9. The Balaban J connectivity index is 2.62. The van der Waals surface area contributed by atoms with Crippen LogP contribution in [0.1, 0.15) is 15.9 Å². The fourth-order valence-electron chi connectivity index (χ4n) is 1.89. The van der Waals surface area contributed by atoms with E-state index in [1.807, 2.05) is 6.07 Å². The second-order valence-corrected chi connectivity index (χ2v) is 3.90. The van der Waals surface area contributed by atoms with Gasteiger partial charge in [-0.05, 0) is 23.6 Å². The SMILES string of the molecule is Cc1cccc(-c2ccccc2)c1C(=O)N(F)F. The Bertz CT molecular complexity index is 567. The number of amides is 1. The van der Waals surface area contributed by atoms with E-state index in [9.17, 15) is 13.8 Å². The van der Waals surface area contributed by atoms with E-state index in [-0.39, 0.29) is 5.56 Å². The van der Waals surface area contributed by atoms with Crippen LogP contribution >= 0.6 is 0 Å². The molecule has 0 spiro atoms. The van der Waals surface area contributed by atoms with Crippen LogP contribution in [0.5, 0.6) is 0 Å². The summed E-state index contributed by atoms with van der Waals surface area (Å²) in [4.78, 5) is 11.5. The first-order valence-electron chi connectivity index (χ1n) is 5.42. The predicted octanol–water partition coefficient (Wildman–Crippen LogP) is 3.87. The molecule has 0 aliphatic heterocycles. The summed E-state index contributed by atoms with van der Waals surface area (Å²) in [5, 5.41) is -1.38. The first kappa shape index (κ1) is 12.2. The molecule has 2 rings (SSSR count). The molecule has 92 valence electrons. The van der Waals surface area contributed by atoms with E-state index >= 15 is 0 Å². The minimum absolute atomic E-state index is 0.0358. The van der Waals surface area contributed by atoms with Crippen molar-refractivity contribution in [3.63, 3.8) is 0 Å². The van der Waals surface area contributed by atoms with E-state index in [0.717, 1.165) is 5.56 Å². The molecule has 0 N–H and O–H groups in total. The maximum absolute atomic E-state index is 12.5. The van der Waals surface area contributed by atoms with Crippen LogP contribution in [0, 0.1) is 6.92 Å². The molecule has 0 bridgehead atoms. The van der Waals surface area contributed by atoms with Crippen molar-refractivity contribution in [3.05, 3.63) is 59.7 Å². The third kappa shape index (κ3) is 2.22. The molecule has 18 heavy (non-hydrogen) atoms. The molecule has 2 nitrogen and oxygen atoms in total. The van der Waals surface area contributed by atoms with Gasteiger partial charge in [0, 0.05) is 5.34 Å². The van der Waals surface area contributed by atoms with E-state index in [0.29, 0.717) is 11.1 Å². The second kappa shape index (κ2) is 4.96. The maximum Gasteiger partial charge on any atom is 0.315 e. The number of nitrogens with zero attached hydrogens (tertiary/aromatic N) is 1. The molecule has 0 aliphatic carbocycles. The third-order valence-corrected chi connectivity index (χ3v) is 2.72. The Morgan fingerprint density at radius 2 is 1.67 bits per heavy atom. The Kier molecular flexibility index (Phi) is 3.37. The van der Waals surface area contributed by atoms with Gasteiger partial charge in [0.1, 0.15) is 0 Å². The Labute approximate surface area is 103 Å². The summed E-state index contributed by atoms with van der Waals surface area (Å²) >= 11 is 0. The van der Waals surface area contributed by atoms with Crippen LogP contribution in [0.4, 0.5) is 8.96 Å². The molecular formula is C14H11F2NO. The van der Waals surface area contributed by atoms with Crippen molar-refractivity contribution in [1.82, 2.24) is 5.34 Å². The zero-order valence-electron chi connectivity index (χ0n) is 9.73. The van der Waals surface area contributed by atoms with E-state index < -0.39 is 11.3 Å². The van der Waals surface area contributed by atoms with Gasteiger partial charge in [-0.25, -0.2) is 0 Å². The zero-order chi connectivity index (χ0) is 13.1. The first-order valence-corrected chi connectivity index (χ1v) is 5.42. The summed E-state index contributed by atoms with van der Waals surface area (Å²) in [6, 6.07) is 14.1. The van der Waals surface area contributed by atoms with Crippen LogP contribution in [0.25, 0.3) is 11.1 Å². The van der Waals surface area contributed by atoms with Gasteiger partial charge in [0.05, 0.1) is 5.56 Å². The molecule has 0 saturated carbocycles. The average Bonchev–Trinajstić information content (AvgIpc) is 2.38. The van der Waals surface area contributed by atoms with Crippen molar-refractivity contribution in [3.8, 4) is 11.1 Å². The lowest BCUT2D eigenvalue weighted by Crippen LogP contribution is -2.16. The first-order chi connectivity index (χ1) is 8.61. The fourth-order valence-corrected chi connectivity index (χ4v) is 1.89. The van der Waals surface area contributed by atoms with Gasteiger partial charge in [-0.15, -0.1) is 0 Å². The lowest BCUT2D eigenvalue weighted by molar-refractivity contribution is -0.108. The van der Waals surface area contributed by atoms with Crippen LogP contribution < -0.4 is 0 Å². The summed E-state index contributed by atoms with van der Waals surface area (Å²) in [5.74, 6) is -1.29. The van der Waals surface area contributed by atoms with Crippen molar-refractivity contribution in [2.75, 3.05) is 0 Å². The summed E-state index contributed by atoms with van der Waals surface area (Å²) in [7, 11) is 0. The molecular weight excluding hydrogens is 236 g/mol. The Hall–Kier alpha value is -2.23. The molecule has 0 aromatic heterocycles. The largest absolute Gasteiger partial charge is 0.315 e. The number of hydrogen-bond acceptors (Lipinski definition) is 1. The van der Waals surface area contributed by atoms with Crippen LogP contribution in [0.3, 0.4) is 0 Å². The highest BCUT2D eigenvalue weighted by Gasteiger charge is 2.21. The molecule has 0 saturated heterocycles. The molecule has 0 heterocycles. The van der Waals surface area contributed by atoms with E-state index in [2.05, 4.69) is 0 Å². The van der Waals surface area contributed by atoms with Gasteiger partial charge in [0.2, 0.25) is 0 Å². The molecule has 2 aromatic rings. The van der Waals surface area contributed by atoms with Crippen molar-refractivity contribution in [2.24, 2.45) is 0 Å². The van der Waals surface area contributed by atoms with E-state index in [4.69, 9.17) is 0 Å². The number of carbonyl (C=O) groups is 1. The zero-order valence-corrected chi connectivity index (χ0v) is 9.73. The van der Waals surface area contributed by atoms with Gasteiger partial charge in [-0.2, -0.15) is 0 Å². The standard InChI is InChI=1S/C14H11F2NO/c1-10-6-5-9-12(11-7-3-2-4-8-11)13(10)14(18)17(15)16/h2-9H,1H3. The predicted molar refractivity (Wildman–Crippen MR) is 65.0 cm³/mol. The number of hydrogen-bond donors (Lipinski definition) is 0. The third-order valence-electron chi connectivity index (χ3n) is 2.72. The van der Waals surface area contributed by atoms with Crippen LogP contribution in [-0.2, 0) is 0 Å². The summed E-state index contributed by atoms with van der Waals surface area (Å²) in [6.07, 6.45) is 0. The van der Waals surface area contributed by atoms with Gasteiger partial charge >= 0.3 is 5.91 Å². The van der Waals surface area contributed by atoms with E-state index in [1.54, 1.807) is 49.4 Å². The van der Waals surface area contributed by atoms with Gasteiger partial charge in [-0.3, -0.25) is 4.79 Å². The number of benzene rings is 2. The van der Waals surface area contributed by atoms with Crippen molar-refractivity contribution >= 4 is 5.91 Å². The molecule has 2 aromatic carbocycles. The van der Waals surface area contributed by atoms with Crippen molar-refractivity contribution in [2.45, 2.75) is 6.92 Å². The van der Waals surface area contributed by atoms with Gasteiger partial charge in [0.15, 0.2) is 0 Å². The van der Waals surface area contributed by atoms with Crippen LogP contribution in [-0.4, -0.2) is 11.3 Å². The Morgan fingerprint density at radius 1 is 1.00 bits per heavy atom. The smallest absolute Gasteiger partial charge is 0.263 e. The van der Waals surface area contributed by atoms with Crippen molar-refractivity contribution < 1.29 is 13.8 Å². The number of aryl methyl sites for hydroxylation is 1. The highest BCUT2D eigenvalue weighted by molar-refractivity contribution is 6.01. The number of rotatable bonds is 2. The molecule has 0 radical (unpaired) electrons. The molecule has 0 atom stereocenters. The minimum Gasteiger partial charge on any atom is -0.263 e. The summed E-state index contributed by atoms with van der Waals surface area (Å²) in [5.41, 5.74) is 1.82. The molecule has 1 amide bonds. The minimum atomic E-state index is -1.38. The Morgan fingerprint density at radius 3 is 2.28 bits per heavy atom. The highest BCUT2D eigenvalue weighted by Crippen LogP contribution is 2.27. The summed E-state index contributed by atoms with van der Waals surface area (Å²) in [6.45, 7) is 1.64. The van der Waals surface area contributed by atoms with Gasteiger partial charge in [0.25, 0.3) is 0 Å². The van der Waals surface area contributed by atoms with Crippen LogP contribution in [0.2, 0.25) is 0 Å². The normalized spacial score (nSPS) is 10.2. The van der Waals surface area contributed by atoms with Crippen molar-refractivity contribution in [1.29, 1.82) is 0 Å². The average molecular weight is 247 g/mol. The van der Waals surface area contributed by atoms with Crippen LogP contribution in [0.15, 0.2) is 48.5 Å². The number of halogens is 2. The topological polar surface area (TPSA) is 20.3 Å². The van der Waals surface area contributed by atoms with Gasteiger partial charge in [-0.1, -0.05) is 57.5 Å². The lowest BCUT2D eigenvalue weighted by atomic mass is 9.95. The fraction of sp³-hybridized carbons (Fsp3) is 0.0714. The monoisotopic (exact) mass is 247 g/mol. The molecule has 0 fully saturated rings. The molecule has 0 unspecified atom stereocenters. The second-order valence-electron chi connectivity index (χ2n) is 3.90. The molecule has 0 aliphatic rings. The van der Waals surface area contributed by atoms with E-state index in [1.165, 1.54) is 0 Å². The number of carbonyl (C=O) groups excluding carboxylic acids is 1. The maximum atomic E-state index is 12.5. The lowest BCUT2D eigenvalue weighted by Gasteiger charge is -2.11.